The number of benzene rings is 1. The largest absolute Gasteiger partial charge is 0.326 e. The van der Waals surface area contributed by atoms with E-state index in [1.807, 2.05) is 23.9 Å². The van der Waals surface area contributed by atoms with Crippen LogP contribution in [-0.4, -0.2) is 24.2 Å². The smallest absolute Gasteiger partial charge is 0.221 e. The van der Waals surface area contributed by atoms with Gasteiger partial charge in [0.05, 0.1) is 0 Å². The molecule has 4 heteroatoms. The van der Waals surface area contributed by atoms with Crippen LogP contribution in [-0.2, 0) is 4.79 Å². The number of thioether (sulfide) groups is 1. The molecule has 1 aromatic rings. The second-order valence-corrected chi connectivity index (χ2v) is 6.02. The lowest BCUT2D eigenvalue weighted by Crippen LogP contribution is -2.35. The highest BCUT2D eigenvalue weighted by Crippen LogP contribution is 2.22. The van der Waals surface area contributed by atoms with E-state index in [1.165, 1.54) is 11.8 Å². The second-order valence-electron chi connectivity index (χ2n) is 4.92. The van der Waals surface area contributed by atoms with Gasteiger partial charge in [-0.15, -0.1) is 11.8 Å². The number of amides is 1. The fourth-order valence-electron chi connectivity index (χ4n) is 1.77. The first-order chi connectivity index (χ1) is 9.02. The standard InChI is InChI=1S/C15H24N2OS/c1-5-16-15(11(2)3)10-19-14-8-6-13(7-9-14)17-12(4)18/h6-9,11,15-16H,5,10H2,1-4H3,(H,17,18). The van der Waals surface area contributed by atoms with Gasteiger partial charge < -0.3 is 10.6 Å². The van der Waals surface area contributed by atoms with E-state index in [0.29, 0.717) is 12.0 Å². The van der Waals surface area contributed by atoms with Crippen LogP contribution in [0.2, 0.25) is 0 Å². The maximum Gasteiger partial charge on any atom is 0.221 e. The molecule has 0 aromatic heterocycles. The van der Waals surface area contributed by atoms with Crippen molar-refractivity contribution >= 4 is 23.4 Å². The fourth-order valence-corrected chi connectivity index (χ4v) is 2.98. The minimum absolute atomic E-state index is 0.0348. The van der Waals surface area contributed by atoms with Crippen LogP contribution in [0, 0.1) is 5.92 Å². The monoisotopic (exact) mass is 280 g/mol. The molecule has 0 saturated heterocycles. The first-order valence-corrected chi connectivity index (χ1v) is 7.75. The van der Waals surface area contributed by atoms with Gasteiger partial charge in [0.25, 0.3) is 0 Å². The van der Waals surface area contributed by atoms with Crippen molar-refractivity contribution in [1.29, 1.82) is 0 Å². The summed E-state index contributed by atoms with van der Waals surface area (Å²) in [6.07, 6.45) is 0. The topological polar surface area (TPSA) is 41.1 Å². The van der Waals surface area contributed by atoms with E-state index in [0.717, 1.165) is 18.0 Å². The molecule has 0 aliphatic rings. The second kappa shape index (κ2) is 8.23. The van der Waals surface area contributed by atoms with E-state index in [-0.39, 0.29) is 5.91 Å². The van der Waals surface area contributed by atoms with Gasteiger partial charge in [0.1, 0.15) is 0 Å². The average molecular weight is 280 g/mol. The highest BCUT2D eigenvalue weighted by Gasteiger charge is 2.12. The molecule has 0 spiro atoms. The Morgan fingerprint density at radius 1 is 1.26 bits per heavy atom. The van der Waals surface area contributed by atoms with Crippen LogP contribution in [0.4, 0.5) is 5.69 Å². The molecule has 0 saturated carbocycles. The summed E-state index contributed by atoms with van der Waals surface area (Å²) in [5, 5.41) is 6.29. The van der Waals surface area contributed by atoms with Crippen molar-refractivity contribution in [3.05, 3.63) is 24.3 Å². The summed E-state index contributed by atoms with van der Waals surface area (Å²) in [6.45, 7) is 9.15. The van der Waals surface area contributed by atoms with Crippen molar-refractivity contribution in [2.45, 2.75) is 38.6 Å². The van der Waals surface area contributed by atoms with Gasteiger partial charge in [0.15, 0.2) is 0 Å². The zero-order valence-electron chi connectivity index (χ0n) is 12.2. The molecule has 19 heavy (non-hydrogen) atoms. The van der Waals surface area contributed by atoms with Gasteiger partial charge in [-0.3, -0.25) is 4.79 Å². The summed E-state index contributed by atoms with van der Waals surface area (Å²) in [5.74, 6) is 1.66. The van der Waals surface area contributed by atoms with Crippen LogP contribution in [0.3, 0.4) is 0 Å². The lowest BCUT2D eigenvalue weighted by Gasteiger charge is -2.21. The first kappa shape index (κ1) is 16.1. The van der Waals surface area contributed by atoms with Crippen molar-refractivity contribution in [1.82, 2.24) is 5.32 Å². The molecule has 1 rings (SSSR count). The number of nitrogens with one attached hydrogen (secondary N) is 2. The Morgan fingerprint density at radius 3 is 2.37 bits per heavy atom. The molecule has 1 aromatic carbocycles. The molecule has 3 nitrogen and oxygen atoms in total. The third-order valence-electron chi connectivity index (χ3n) is 2.88. The van der Waals surface area contributed by atoms with Gasteiger partial charge in [0.2, 0.25) is 5.91 Å². The predicted octanol–water partition coefficient (Wildman–Crippen LogP) is 3.37. The minimum atomic E-state index is -0.0348. The number of carbonyl (C=O) groups is 1. The van der Waals surface area contributed by atoms with Crippen molar-refractivity contribution < 1.29 is 4.79 Å². The van der Waals surface area contributed by atoms with Crippen molar-refractivity contribution in [2.24, 2.45) is 5.92 Å². The van der Waals surface area contributed by atoms with E-state index in [4.69, 9.17) is 0 Å². The highest BCUT2D eigenvalue weighted by atomic mass is 32.2. The molecule has 0 fully saturated rings. The van der Waals surface area contributed by atoms with Gasteiger partial charge in [-0.25, -0.2) is 0 Å². The van der Waals surface area contributed by atoms with Gasteiger partial charge in [-0.05, 0) is 36.7 Å². The van der Waals surface area contributed by atoms with E-state index in [1.54, 1.807) is 0 Å². The predicted molar refractivity (Wildman–Crippen MR) is 83.8 cm³/mol. The summed E-state index contributed by atoms with van der Waals surface area (Å²) >= 11 is 1.85. The van der Waals surface area contributed by atoms with Crippen molar-refractivity contribution in [3.63, 3.8) is 0 Å². The SMILES string of the molecule is CCNC(CSc1ccc(NC(C)=O)cc1)C(C)C. The molecule has 0 aliphatic heterocycles. The van der Waals surface area contributed by atoms with Crippen LogP contribution in [0.1, 0.15) is 27.7 Å². The van der Waals surface area contributed by atoms with E-state index >= 15 is 0 Å². The van der Waals surface area contributed by atoms with Gasteiger partial charge in [0, 0.05) is 29.3 Å². The van der Waals surface area contributed by atoms with E-state index in [9.17, 15) is 4.79 Å². The van der Waals surface area contributed by atoms with Crippen LogP contribution in [0.15, 0.2) is 29.2 Å². The van der Waals surface area contributed by atoms with Crippen LogP contribution in [0.25, 0.3) is 0 Å². The average Bonchev–Trinajstić information content (AvgIpc) is 2.35. The fraction of sp³-hybridized carbons (Fsp3) is 0.533. The maximum absolute atomic E-state index is 10.9. The molecule has 2 N–H and O–H groups in total. The molecule has 0 aliphatic carbocycles. The van der Waals surface area contributed by atoms with Crippen molar-refractivity contribution in [2.75, 3.05) is 17.6 Å². The summed E-state index contributed by atoms with van der Waals surface area (Å²) in [5.41, 5.74) is 0.851. The third-order valence-corrected chi connectivity index (χ3v) is 4.01. The Kier molecular flexibility index (Phi) is 6.95. The number of hydrogen-bond acceptors (Lipinski definition) is 3. The highest BCUT2D eigenvalue weighted by molar-refractivity contribution is 7.99. The summed E-state index contributed by atoms with van der Waals surface area (Å²) in [6, 6.07) is 8.53. The molecular formula is C15H24N2OS. The number of hydrogen-bond donors (Lipinski definition) is 2. The Balaban J connectivity index is 2.50. The maximum atomic E-state index is 10.9. The molecule has 1 amide bonds. The van der Waals surface area contributed by atoms with E-state index in [2.05, 4.69) is 43.5 Å². The zero-order valence-corrected chi connectivity index (χ0v) is 13.0. The molecule has 0 heterocycles. The number of rotatable bonds is 7. The summed E-state index contributed by atoms with van der Waals surface area (Å²) < 4.78 is 0. The summed E-state index contributed by atoms with van der Waals surface area (Å²) in [7, 11) is 0. The van der Waals surface area contributed by atoms with Crippen LogP contribution in [0.5, 0.6) is 0 Å². The minimum Gasteiger partial charge on any atom is -0.326 e. The van der Waals surface area contributed by atoms with Crippen LogP contribution < -0.4 is 10.6 Å². The molecule has 1 unspecified atom stereocenters. The molecule has 0 bridgehead atoms. The molecular weight excluding hydrogens is 256 g/mol. The Bertz CT molecular complexity index is 390. The normalized spacial score (nSPS) is 12.5. The first-order valence-electron chi connectivity index (χ1n) is 6.76. The summed E-state index contributed by atoms with van der Waals surface area (Å²) in [4.78, 5) is 12.2. The quantitative estimate of drug-likeness (QED) is 0.752. The van der Waals surface area contributed by atoms with Gasteiger partial charge >= 0.3 is 0 Å². The van der Waals surface area contributed by atoms with Crippen molar-refractivity contribution in [3.8, 4) is 0 Å². The number of anilines is 1. The third kappa shape index (κ3) is 6.12. The Labute approximate surface area is 120 Å². The molecule has 1 atom stereocenters. The number of carbonyl (C=O) groups excluding carboxylic acids is 1. The zero-order chi connectivity index (χ0) is 14.3. The molecule has 106 valence electrons. The molecule has 0 radical (unpaired) electrons. The van der Waals surface area contributed by atoms with Gasteiger partial charge in [-0.1, -0.05) is 20.8 Å². The lowest BCUT2D eigenvalue weighted by atomic mass is 10.1. The Hall–Kier alpha value is -1.00. The van der Waals surface area contributed by atoms with Gasteiger partial charge in [-0.2, -0.15) is 0 Å². The van der Waals surface area contributed by atoms with E-state index < -0.39 is 0 Å². The lowest BCUT2D eigenvalue weighted by molar-refractivity contribution is -0.114. The Morgan fingerprint density at radius 2 is 1.89 bits per heavy atom. The van der Waals surface area contributed by atoms with Crippen LogP contribution >= 0.6 is 11.8 Å².